The maximum atomic E-state index is 14.4. The Hall–Kier alpha value is -6.13. The summed E-state index contributed by atoms with van der Waals surface area (Å²) in [4.78, 5) is 113. The molecule has 0 aliphatic rings. The molecule has 3 aromatic rings. The van der Waals surface area contributed by atoms with Crippen LogP contribution >= 0.6 is 23.5 Å². The fourth-order valence-corrected chi connectivity index (χ4v) is 7.56. The molecule has 0 aliphatic heterocycles. The molecule has 20 nitrogen and oxygen atoms in total. The number of imidazole rings is 1. The third-order valence-electron chi connectivity index (χ3n) is 10.1. The van der Waals surface area contributed by atoms with Crippen LogP contribution in [0.3, 0.4) is 0 Å². The van der Waals surface area contributed by atoms with E-state index in [1.807, 2.05) is 20.1 Å². The lowest BCUT2D eigenvalue weighted by Gasteiger charge is -2.28. The number of phenolic OH excluding ortho intramolecular Hbond substituents is 1. The predicted molar refractivity (Wildman–Crippen MR) is 251 cm³/mol. The Morgan fingerprint density at radius 3 is 1.61 bits per heavy atom. The molecule has 0 fully saturated rings. The van der Waals surface area contributed by atoms with Crippen molar-refractivity contribution >= 4 is 70.8 Å². The van der Waals surface area contributed by atoms with Gasteiger partial charge in [-0.25, -0.2) is 9.78 Å². The van der Waals surface area contributed by atoms with E-state index in [1.165, 1.54) is 48.2 Å². The highest BCUT2D eigenvalue weighted by molar-refractivity contribution is 7.98. The fraction of sp³-hybridized carbons (Fsp3) is 0.477. The molecule has 2 aromatic carbocycles. The number of aliphatic carboxylic acids is 1. The van der Waals surface area contributed by atoms with Crippen LogP contribution in [0, 0.1) is 5.92 Å². The molecule has 0 spiro atoms. The van der Waals surface area contributed by atoms with Gasteiger partial charge in [0.2, 0.25) is 41.4 Å². The summed E-state index contributed by atoms with van der Waals surface area (Å²) < 4.78 is 0. The predicted octanol–water partition coefficient (Wildman–Crippen LogP) is -0.108. The molecular weight excluding hydrogens is 893 g/mol. The number of nitrogens with one attached hydrogen (secondary N) is 7. The average molecular weight is 955 g/mol. The van der Waals surface area contributed by atoms with Gasteiger partial charge in [-0.15, -0.1) is 0 Å². The minimum atomic E-state index is -1.64. The number of benzene rings is 2. The number of hydrogen-bond acceptors (Lipinski definition) is 13. The van der Waals surface area contributed by atoms with E-state index in [1.54, 1.807) is 48.7 Å². The van der Waals surface area contributed by atoms with E-state index < -0.39 is 96.0 Å². The van der Waals surface area contributed by atoms with E-state index in [-0.39, 0.29) is 50.2 Å². The van der Waals surface area contributed by atoms with Crippen LogP contribution in [0.25, 0.3) is 0 Å². The van der Waals surface area contributed by atoms with Crippen molar-refractivity contribution in [3.63, 3.8) is 0 Å². The number of carbonyl (C=O) groups excluding carboxylic acids is 7. The molecule has 7 atom stereocenters. The molecule has 0 bridgehead atoms. The van der Waals surface area contributed by atoms with Gasteiger partial charge in [0.15, 0.2) is 0 Å². The summed E-state index contributed by atoms with van der Waals surface area (Å²) in [6.45, 7) is 3.62. The molecule has 13 N–H and O–H groups in total. The first-order valence-corrected chi connectivity index (χ1v) is 24.0. The number of nitrogens with zero attached hydrogens (tertiary/aromatic N) is 1. The molecule has 7 amide bonds. The molecule has 1 heterocycles. The van der Waals surface area contributed by atoms with E-state index in [0.717, 1.165) is 0 Å². The summed E-state index contributed by atoms with van der Waals surface area (Å²) in [5.41, 5.74) is 13.2. The standard InChI is InChI=1S/C44H62N10O10S2/c1-25(2)18-33(41(60)50-32(15-17-66-4)40(59)54-36(44(63)64)22-37(46)56)51-43(62)35(21-28-23-47-24-48-28)53-42(61)34(20-26-8-6-5-7-9-26)52-39(58)31(14-16-65-3)49-38(57)30(45)19-27-10-12-29(55)13-11-27/h5-13,23-25,30-36,55H,14-22,45H2,1-4H3,(H2,46,56)(H,47,48)(H,49,57)(H,50,60)(H,51,62)(H,52,58)(H,53,61)(H,54,59)(H,63,64)/t30-,31+,32-,33-,34-,35-,36-/m0/s1. The van der Waals surface area contributed by atoms with Gasteiger partial charge in [-0.1, -0.05) is 56.3 Å². The molecule has 0 radical (unpaired) electrons. The number of nitrogens with two attached hydrogens (primary N) is 2. The summed E-state index contributed by atoms with van der Waals surface area (Å²) in [6.07, 6.45) is 6.13. The van der Waals surface area contributed by atoms with E-state index in [0.29, 0.717) is 28.3 Å². The number of carboxylic acid groups (broad SMARTS) is 1. The van der Waals surface area contributed by atoms with Crippen molar-refractivity contribution in [1.82, 2.24) is 41.9 Å². The monoisotopic (exact) mass is 954 g/mol. The molecule has 0 saturated heterocycles. The number of rotatable bonds is 29. The number of carbonyl (C=O) groups is 8. The summed E-state index contributed by atoms with van der Waals surface area (Å²) in [7, 11) is 0. The Morgan fingerprint density at radius 1 is 0.636 bits per heavy atom. The van der Waals surface area contributed by atoms with Gasteiger partial charge in [-0.05, 0) is 78.9 Å². The second-order valence-corrected chi connectivity index (χ2v) is 18.0. The van der Waals surface area contributed by atoms with Crippen molar-refractivity contribution < 1.29 is 48.6 Å². The average Bonchev–Trinajstić information content (AvgIpc) is 3.79. The summed E-state index contributed by atoms with van der Waals surface area (Å²) in [5, 5.41) is 35.1. The first-order chi connectivity index (χ1) is 31.4. The Bertz CT molecular complexity index is 2060. The second-order valence-electron chi connectivity index (χ2n) is 16.0. The topological polar surface area (TPSA) is 330 Å². The molecule has 66 heavy (non-hydrogen) atoms. The lowest BCUT2D eigenvalue weighted by atomic mass is 10.0. The molecule has 0 aliphatic carbocycles. The van der Waals surface area contributed by atoms with Gasteiger partial charge >= 0.3 is 5.97 Å². The highest BCUT2D eigenvalue weighted by Crippen LogP contribution is 2.13. The molecule has 3 rings (SSSR count). The number of hydrogen-bond donors (Lipinski definition) is 11. The number of carboxylic acids is 1. The van der Waals surface area contributed by atoms with E-state index >= 15 is 0 Å². The maximum absolute atomic E-state index is 14.4. The Balaban J connectivity index is 1.89. The van der Waals surface area contributed by atoms with Gasteiger partial charge in [0.1, 0.15) is 42.0 Å². The highest BCUT2D eigenvalue weighted by atomic mass is 32.2. The Labute approximate surface area is 392 Å². The van der Waals surface area contributed by atoms with Crippen LogP contribution in [0.4, 0.5) is 0 Å². The number of aromatic amines is 1. The van der Waals surface area contributed by atoms with Gasteiger partial charge in [0.25, 0.3) is 0 Å². The van der Waals surface area contributed by atoms with Crippen LogP contribution in [0.5, 0.6) is 5.75 Å². The minimum absolute atomic E-state index is 0.0135. The number of aromatic nitrogens is 2. The van der Waals surface area contributed by atoms with Crippen LogP contribution in [-0.2, 0) is 57.6 Å². The lowest BCUT2D eigenvalue weighted by molar-refractivity contribution is -0.143. The number of phenols is 1. The molecule has 22 heteroatoms. The summed E-state index contributed by atoms with van der Waals surface area (Å²) in [6, 6.07) is 6.15. The maximum Gasteiger partial charge on any atom is 0.326 e. The van der Waals surface area contributed by atoms with Crippen LogP contribution in [0.15, 0.2) is 67.1 Å². The van der Waals surface area contributed by atoms with Gasteiger partial charge in [0, 0.05) is 24.7 Å². The molecule has 360 valence electrons. The van der Waals surface area contributed by atoms with Gasteiger partial charge in [-0.3, -0.25) is 33.6 Å². The number of amides is 7. The van der Waals surface area contributed by atoms with Gasteiger partial charge in [0.05, 0.1) is 18.8 Å². The minimum Gasteiger partial charge on any atom is -0.508 e. The molecular formula is C44H62N10O10S2. The third-order valence-corrected chi connectivity index (χ3v) is 11.4. The van der Waals surface area contributed by atoms with Crippen molar-refractivity contribution in [3.05, 3.63) is 83.9 Å². The van der Waals surface area contributed by atoms with Crippen molar-refractivity contribution in [3.8, 4) is 5.75 Å². The zero-order chi connectivity index (χ0) is 48.8. The number of thioether (sulfide) groups is 2. The zero-order valence-corrected chi connectivity index (χ0v) is 39.0. The fourth-order valence-electron chi connectivity index (χ4n) is 6.62. The van der Waals surface area contributed by atoms with Crippen LogP contribution in [0.2, 0.25) is 0 Å². The molecule has 1 aromatic heterocycles. The van der Waals surface area contributed by atoms with Crippen LogP contribution < -0.4 is 43.4 Å². The van der Waals surface area contributed by atoms with Gasteiger partial charge in [-0.2, -0.15) is 23.5 Å². The lowest BCUT2D eigenvalue weighted by Crippen LogP contribution is -2.60. The Morgan fingerprint density at radius 2 is 1.11 bits per heavy atom. The van der Waals surface area contributed by atoms with E-state index in [4.69, 9.17) is 11.5 Å². The Kier molecular flexibility index (Phi) is 23.0. The van der Waals surface area contributed by atoms with Crippen LogP contribution in [-0.4, -0.2) is 134 Å². The SMILES string of the molecule is CSCC[C@H](NC(=O)[C@H](CC(C)C)NC(=O)[C@H](Cc1cnc[nH]1)NC(=O)[C@H](Cc1ccccc1)NC(=O)[C@@H](CCSC)NC(=O)[C@@H](N)Cc1ccc(O)cc1)C(=O)N[C@@H](CC(N)=O)C(=O)O. The van der Waals surface area contributed by atoms with Gasteiger partial charge < -0.3 is 58.6 Å². The number of aromatic hydroxyl groups is 1. The normalized spacial score (nSPS) is 14.3. The van der Waals surface area contributed by atoms with Crippen LogP contribution in [0.1, 0.15) is 56.4 Å². The summed E-state index contributed by atoms with van der Waals surface area (Å²) in [5.74, 6) is -6.16. The largest absolute Gasteiger partial charge is 0.508 e. The first-order valence-electron chi connectivity index (χ1n) is 21.3. The van der Waals surface area contributed by atoms with Crippen molar-refractivity contribution in [2.24, 2.45) is 17.4 Å². The zero-order valence-electron chi connectivity index (χ0n) is 37.4. The quantitative estimate of drug-likeness (QED) is 0.0433. The van der Waals surface area contributed by atoms with Crippen molar-refractivity contribution in [1.29, 1.82) is 0 Å². The summed E-state index contributed by atoms with van der Waals surface area (Å²) >= 11 is 2.82. The molecule has 0 unspecified atom stereocenters. The highest BCUT2D eigenvalue weighted by Gasteiger charge is 2.34. The number of H-pyrrole nitrogens is 1. The van der Waals surface area contributed by atoms with Crippen molar-refractivity contribution in [2.75, 3.05) is 24.0 Å². The van der Waals surface area contributed by atoms with E-state index in [2.05, 4.69) is 41.9 Å². The van der Waals surface area contributed by atoms with Crippen molar-refractivity contribution in [2.45, 2.75) is 101 Å². The number of primary amides is 1. The first kappa shape index (κ1) is 54.2. The molecule has 0 saturated carbocycles. The smallest absolute Gasteiger partial charge is 0.326 e. The van der Waals surface area contributed by atoms with E-state index in [9.17, 15) is 48.6 Å². The third kappa shape index (κ3) is 19.1. The second kappa shape index (κ2) is 28.0.